The predicted molar refractivity (Wildman–Crippen MR) is 110 cm³/mol. The van der Waals surface area contributed by atoms with Gasteiger partial charge < -0.3 is 11.1 Å². The van der Waals surface area contributed by atoms with Gasteiger partial charge in [0.2, 0.25) is 5.91 Å². The number of nitrogens with two attached hydrogens (primary N) is 1. The summed E-state index contributed by atoms with van der Waals surface area (Å²) in [4.78, 5) is 14.5. The number of halogens is 1. The first kappa shape index (κ1) is 22.3. The van der Waals surface area contributed by atoms with Crippen LogP contribution in [-0.2, 0) is 17.9 Å². The van der Waals surface area contributed by atoms with Crippen molar-refractivity contribution in [3.05, 3.63) is 35.4 Å². The highest BCUT2D eigenvalue weighted by Gasteiger charge is 2.12. The fourth-order valence-electron chi connectivity index (χ4n) is 3.01. The first-order valence-corrected chi connectivity index (χ1v) is 10.4. The van der Waals surface area contributed by atoms with Crippen molar-refractivity contribution in [1.82, 2.24) is 10.2 Å². The average Bonchev–Trinajstić information content (AvgIpc) is 2.87. The average molecular weight is 386 g/mol. The van der Waals surface area contributed by atoms with Crippen LogP contribution in [0.25, 0.3) is 0 Å². The lowest BCUT2D eigenvalue weighted by Crippen LogP contribution is -2.40. The van der Waals surface area contributed by atoms with Gasteiger partial charge in [0, 0.05) is 13.1 Å². The zero-order chi connectivity index (χ0) is 17.2. The minimum Gasteiger partial charge on any atom is -0.351 e. The van der Waals surface area contributed by atoms with Crippen LogP contribution >= 0.6 is 24.2 Å². The summed E-state index contributed by atoms with van der Waals surface area (Å²) in [6.45, 7) is 4.01. The first-order chi connectivity index (χ1) is 11.7. The summed E-state index contributed by atoms with van der Waals surface area (Å²) in [5, 5.41) is 2.93. The number of carbonyl (C=O) groups is 1. The largest absolute Gasteiger partial charge is 0.351 e. The molecule has 6 heteroatoms. The molecule has 4 nitrogen and oxygen atoms in total. The summed E-state index contributed by atoms with van der Waals surface area (Å²) in [7, 11) is 0. The second-order valence-corrected chi connectivity index (χ2v) is 7.60. The Balaban J connectivity index is 0.00000312. The van der Waals surface area contributed by atoms with Crippen LogP contribution in [0.4, 0.5) is 0 Å². The lowest BCUT2D eigenvalue weighted by molar-refractivity contribution is -0.122. The van der Waals surface area contributed by atoms with Crippen molar-refractivity contribution >= 4 is 30.1 Å². The van der Waals surface area contributed by atoms with E-state index in [-0.39, 0.29) is 18.3 Å². The Morgan fingerprint density at radius 1 is 1.16 bits per heavy atom. The zero-order valence-corrected chi connectivity index (χ0v) is 16.8. The molecule has 1 aliphatic rings. The fourth-order valence-corrected chi connectivity index (χ4v) is 3.50. The van der Waals surface area contributed by atoms with Gasteiger partial charge in [-0.15, -0.1) is 12.4 Å². The minimum absolute atomic E-state index is 0. The van der Waals surface area contributed by atoms with E-state index in [4.69, 9.17) is 5.73 Å². The third-order valence-corrected chi connectivity index (χ3v) is 5.21. The smallest absolute Gasteiger partial charge is 0.237 e. The van der Waals surface area contributed by atoms with Gasteiger partial charge in [-0.2, -0.15) is 11.8 Å². The maximum absolute atomic E-state index is 11.9. The highest BCUT2D eigenvalue weighted by molar-refractivity contribution is 7.98. The van der Waals surface area contributed by atoms with Crippen molar-refractivity contribution < 1.29 is 4.79 Å². The molecule has 2 rings (SSSR count). The predicted octanol–water partition coefficient (Wildman–Crippen LogP) is 3.18. The number of rotatable bonds is 8. The Morgan fingerprint density at radius 2 is 1.76 bits per heavy atom. The molecule has 1 aromatic carbocycles. The third kappa shape index (κ3) is 8.45. The van der Waals surface area contributed by atoms with Gasteiger partial charge >= 0.3 is 0 Å². The molecular formula is C19H32ClN3OS. The van der Waals surface area contributed by atoms with E-state index in [1.165, 1.54) is 44.3 Å². The highest BCUT2D eigenvalue weighted by atomic mass is 35.5. The molecule has 0 spiro atoms. The quantitative estimate of drug-likeness (QED) is 0.721. The summed E-state index contributed by atoms with van der Waals surface area (Å²) in [6, 6.07) is 8.18. The third-order valence-electron chi connectivity index (χ3n) is 4.56. The van der Waals surface area contributed by atoms with Crippen molar-refractivity contribution in [2.24, 2.45) is 5.73 Å². The molecule has 1 heterocycles. The summed E-state index contributed by atoms with van der Waals surface area (Å²) in [6.07, 6.45) is 8.13. The number of nitrogens with one attached hydrogen (secondary N) is 1. The molecule has 1 amide bonds. The summed E-state index contributed by atoms with van der Waals surface area (Å²) in [5.41, 5.74) is 8.35. The minimum atomic E-state index is -0.403. The Hall–Kier alpha value is -0.750. The lowest BCUT2D eigenvalue weighted by atomic mass is 10.1. The fraction of sp³-hybridized carbons (Fsp3) is 0.632. The number of likely N-dealkylation sites (tertiary alicyclic amines) is 1. The topological polar surface area (TPSA) is 58.4 Å². The van der Waals surface area contributed by atoms with E-state index in [0.29, 0.717) is 6.54 Å². The van der Waals surface area contributed by atoms with Crippen LogP contribution in [0, 0.1) is 0 Å². The van der Waals surface area contributed by atoms with Crippen molar-refractivity contribution in [2.75, 3.05) is 25.1 Å². The number of nitrogens with zero attached hydrogens (tertiary/aromatic N) is 1. The van der Waals surface area contributed by atoms with Crippen molar-refractivity contribution in [3.8, 4) is 0 Å². The molecule has 1 aliphatic heterocycles. The Labute approximate surface area is 162 Å². The summed E-state index contributed by atoms with van der Waals surface area (Å²) >= 11 is 1.71. The van der Waals surface area contributed by atoms with Crippen LogP contribution in [0.3, 0.4) is 0 Å². The zero-order valence-electron chi connectivity index (χ0n) is 15.2. The van der Waals surface area contributed by atoms with E-state index in [0.717, 1.165) is 24.3 Å². The Morgan fingerprint density at radius 3 is 2.36 bits per heavy atom. The molecule has 0 bridgehead atoms. The Kier molecular flexibility index (Phi) is 11.2. The first-order valence-electron chi connectivity index (χ1n) is 9.01. The van der Waals surface area contributed by atoms with E-state index >= 15 is 0 Å². The molecule has 0 aromatic heterocycles. The van der Waals surface area contributed by atoms with Crippen LogP contribution in [0.15, 0.2) is 24.3 Å². The molecule has 1 saturated heterocycles. The highest BCUT2D eigenvalue weighted by Crippen LogP contribution is 2.14. The van der Waals surface area contributed by atoms with E-state index in [1.54, 1.807) is 11.8 Å². The van der Waals surface area contributed by atoms with Crippen molar-refractivity contribution in [2.45, 2.75) is 51.2 Å². The van der Waals surface area contributed by atoms with Crippen LogP contribution < -0.4 is 11.1 Å². The van der Waals surface area contributed by atoms with Crippen LogP contribution in [-0.4, -0.2) is 41.9 Å². The van der Waals surface area contributed by atoms with Gasteiger partial charge in [0.25, 0.3) is 0 Å². The molecule has 25 heavy (non-hydrogen) atoms. The standard InChI is InChI=1S/C19H31N3OS.ClH/c1-24-13-10-18(20)19(23)21-14-16-6-8-17(9-7-16)15-22-11-4-2-3-5-12-22;/h6-9,18H,2-5,10-15,20H2,1H3,(H,21,23);1H/t18-;/m0./s1. The number of amides is 1. The number of carbonyl (C=O) groups excluding carboxylic acids is 1. The SMILES string of the molecule is CSCC[C@H](N)C(=O)NCc1ccc(CN2CCCCCC2)cc1.Cl. The molecule has 1 atom stereocenters. The van der Waals surface area contributed by atoms with Gasteiger partial charge in [-0.3, -0.25) is 9.69 Å². The molecule has 0 aliphatic carbocycles. The van der Waals surface area contributed by atoms with Crippen LogP contribution in [0.2, 0.25) is 0 Å². The molecule has 1 fully saturated rings. The van der Waals surface area contributed by atoms with E-state index in [1.807, 2.05) is 6.26 Å². The lowest BCUT2D eigenvalue weighted by Gasteiger charge is -2.19. The van der Waals surface area contributed by atoms with Gasteiger partial charge in [0.15, 0.2) is 0 Å². The summed E-state index contributed by atoms with van der Waals surface area (Å²) in [5.74, 6) is 0.859. The molecule has 3 N–H and O–H groups in total. The maximum atomic E-state index is 11.9. The van der Waals surface area contributed by atoms with Gasteiger partial charge in [-0.1, -0.05) is 37.1 Å². The maximum Gasteiger partial charge on any atom is 0.237 e. The van der Waals surface area contributed by atoms with E-state index < -0.39 is 6.04 Å². The number of hydrogen-bond acceptors (Lipinski definition) is 4. The molecule has 1 aromatic rings. The summed E-state index contributed by atoms with van der Waals surface area (Å²) < 4.78 is 0. The van der Waals surface area contributed by atoms with Crippen LogP contribution in [0.5, 0.6) is 0 Å². The second kappa shape index (κ2) is 12.6. The number of hydrogen-bond donors (Lipinski definition) is 2. The van der Waals surface area contributed by atoms with Gasteiger partial charge in [0.1, 0.15) is 0 Å². The van der Waals surface area contributed by atoms with Gasteiger partial charge in [-0.25, -0.2) is 0 Å². The number of thioether (sulfide) groups is 1. The second-order valence-electron chi connectivity index (χ2n) is 6.61. The van der Waals surface area contributed by atoms with E-state index in [9.17, 15) is 4.79 Å². The normalized spacial score (nSPS) is 16.6. The van der Waals surface area contributed by atoms with Crippen LogP contribution in [0.1, 0.15) is 43.2 Å². The van der Waals surface area contributed by atoms with Crippen molar-refractivity contribution in [1.29, 1.82) is 0 Å². The molecule has 0 saturated carbocycles. The monoisotopic (exact) mass is 385 g/mol. The molecule has 0 unspecified atom stereocenters. The van der Waals surface area contributed by atoms with Gasteiger partial charge in [0.05, 0.1) is 6.04 Å². The molecular weight excluding hydrogens is 354 g/mol. The number of benzene rings is 1. The molecule has 142 valence electrons. The van der Waals surface area contributed by atoms with E-state index in [2.05, 4.69) is 34.5 Å². The van der Waals surface area contributed by atoms with Crippen molar-refractivity contribution in [3.63, 3.8) is 0 Å². The van der Waals surface area contributed by atoms with Gasteiger partial charge in [-0.05, 0) is 55.5 Å². The molecule has 0 radical (unpaired) electrons. The Bertz CT molecular complexity index is 490.